The van der Waals surface area contributed by atoms with Crippen molar-refractivity contribution in [3.63, 3.8) is 0 Å². The van der Waals surface area contributed by atoms with Crippen LogP contribution in [0.25, 0.3) is 0 Å². The highest BCUT2D eigenvalue weighted by Crippen LogP contribution is 1.88. The highest BCUT2D eigenvalue weighted by Gasteiger charge is 1.68. The molecule has 0 spiro atoms. The van der Waals surface area contributed by atoms with Crippen LogP contribution in [0.15, 0.2) is 49.1 Å². The van der Waals surface area contributed by atoms with Crippen LogP contribution in [0.2, 0.25) is 0 Å². The summed E-state index contributed by atoms with van der Waals surface area (Å²) in [6, 6.07) is 0. The third kappa shape index (κ3) is 8.96. The summed E-state index contributed by atoms with van der Waals surface area (Å²) in [7, 11) is 0. The zero-order valence-electron chi connectivity index (χ0n) is 6.87. The van der Waals surface area contributed by atoms with Gasteiger partial charge in [-0.05, 0) is 12.8 Å². The molecule has 0 saturated heterocycles. The Balaban J connectivity index is 3.42. The molecule has 0 aliphatic carbocycles. The summed E-state index contributed by atoms with van der Waals surface area (Å²) in [5.74, 6) is 0. The number of allylic oxidation sites excluding steroid dienone is 7. The molecule has 0 aromatic carbocycles. The smallest absolute Gasteiger partial charge is 0.0348 e. The topological polar surface area (TPSA) is 0 Å². The van der Waals surface area contributed by atoms with Crippen molar-refractivity contribution in [2.75, 3.05) is 0 Å². The van der Waals surface area contributed by atoms with E-state index < -0.39 is 0 Å². The predicted octanol–water partition coefficient (Wildman–Crippen LogP) is 3.46. The van der Waals surface area contributed by atoms with Gasteiger partial charge in [-0.15, -0.1) is 0 Å². The summed E-state index contributed by atoms with van der Waals surface area (Å²) in [5, 5.41) is 0. The van der Waals surface area contributed by atoms with E-state index in [1.54, 1.807) is 6.08 Å². The second kappa shape index (κ2) is 8.96. The van der Waals surface area contributed by atoms with Crippen molar-refractivity contribution in [3.8, 4) is 0 Å². The first-order chi connectivity index (χ1) is 5.41. The van der Waals surface area contributed by atoms with Crippen LogP contribution in [0.3, 0.4) is 0 Å². The van der Waals surface area contributed by atoms with Gasteiger partial charge >= 0.3 is 0 Å². The fraction of sp³-hybridized carbons (Fsp3) is 0.182. The first-order valence-electron chi connectivity index (χ1n) is 3.82. The summed E-state index contributed by atoms with van der Waals surface area (Å²) in [5.41, 5.74) is 0. The Hall–Kier alpha value is -1.04. The predicted molar refractivity (Wildman–Crippen MR) is 52.2 cm³/mol. The molecule has 59 valence electrons. The van der Waals surface area contributed by atoms with E-state index in [-0.39, 0.29) is 0 Å². The molecule has 0 unspecified atom stereocenters. The molecule has 0 N–H and O–H groups in total. The zero-order chi connectivity index (χ0) is 8.36. The normalized spacial score (nSPS) is 12.1. The highest BCUT2D eigenvalue weighted by atomic mass is 13.7. The summed E-state index contributed by atoms with van der Waals surface area (Å²) >= 11 is 0. The molecular weight excluding hydrogens is 132 g/mol. The number of hydrogen-bond donors (Lipinski definition) is 0. The van der Waals surface area contributed by atoms with Crippen LogP contribution in [-0.2, 0) is 0 Å². The first kappa shape index (κ1) is 9.96. The van der Waals surface area contributed by atoms with Gasteiger partial charge in [-0.2, -0.15) is 0 Å². The summed E-state index contributed by atoms with van der Waals surface area (Å²) in [6.07, 6.45) is 15.7. The lowest BCUT2D eigenvalue weighted by Gasteiger charge is -1.78. The number of unbranched alkanes of at least 4 members (excludes halogenated alkanes) is 1. The molecular formula is C11H15. The molecule has 0 aromatic rings. The van der Waals surface area contributed by atoms with Crippen LogP contribution < -0.4 is 0 Å². The average Bonchev–Trinajstić information content (AvgIpc) is 2.03. The van der Waals surface area contributed by atoms with Gasteiger partial charge in [0.1, 0.15) is 0 Å². The van der Waals surface area contributed by atoms with Gasteiger partial charge in [0, 0.05) is 0 Å². The largest absolute Gasteiger partial charge is 0.0991 e. The Labute approximate surface area is 69.6 Å². The van der Waals surface area contributed by atoms with Gasteiger partial charge in [0.25, 0.3) is 0 Å². The third-order valence-electron chi connectivity index (χ3n) is 1.09. The molecule has 0 heterocycles. The van der Waals surface area contributed by atoms with E-state index in [4.69, 9.17) is 0 Å². The Morgan fingerprint density at radius 1 is 0.909 bits per heavy atom. The molecule has 0 fully saturated rings. The minimum Gasteiger partial charge on any atom is -0.0991 e. The maximum atomic E-state index is 3.73. The van der Waals surface area contributed by atoms with Crippen molar-refractivity contribution in [3.05, 3.63) is 56.0 Å². The van der Waals surface area contributed by atoms with E-state index in [1.807, 2.05) is 30.4 Å². The molecule has 0 aromatic heterocycles. The maximum absolute atomic E-state index is 3.73. The minimum atomic E-state index is 0.965. The van der Waals surface area contributed by atoms with Crippen molar-refractivity contribution < 1.29 is 0 Å². The van der Waals surface area contributed by atoms with E-state index in [0.29, 0.717) is 0 Å². The lowest BCUT2D eigenvalue weighted by Crippen LogP contribution is -1.58. The van der Waals surface area contributed by atoms with Crippen LogP contribution in [-0.4, -0.2) is 0 Å². The summed E-state index contributed by atoms with van der Waals surface area (Å²) < 4.78 is 0. The molecule has 0 rings (SSSR count). The van der Waals surface area contributed by atoms with Gasteiger partial charge in [-0.3, -0.25) is 0 Å². The molecule has 0 saturated carbocycles. The Morgan fingerprint density at radius 2 is 1.55 bits per heavy atom. The second-order valence-electron chi connectivity index (χ2n) is 2.08. The molecule has 0 aliphatic rings. The van der Waals surface area contributed by atoms with Crippen LogP contribution in [0.4, 0.5) is 0 Å². The van der Waals surface area contributed by atoms with Gasteiger partial charge < -0.3 is 0 Å². The number of rotatable bonds is 5. The van der Waals surface area contributed by atoms with Gasteiger partial charge in [-0.25, -0.2) is 0 Å². The molecule has 0 heteroatoms. The Kier molecular flexibility index (Phi) is 8.11. The molecule has 1 radical (unpaired) electrons. The van der Waals surface area contributed by atoms with Crippen LogP contribution in [0.1, 0.15) is 12.8 Å². The summed E-state index contributed by atoms with van der Waals surface area (Å²) in [6.45, 7) is 7.29. The highest BCUT2D eigenvalue weighted by molar-refractivity contribution is 5.14. The fourth-order valence-corrected chi connectivity index (χ4v) is 0.564. The van der Waals surface area contributed by atoms with E-state index in [1.165, 1.54) is 0 Å². The molecule has 11 heavy (non-hydrogen) atoms. The first-order valence-corrected chi connectivity index (χ1v) is 3.82. The SMILES string of the molecule is [CH2]CC/C=C/C=C/C=C/C=C. The van der Waals surface area contributed by atoms with E-state index in [2.05, 4.69) is 19.6 Å². The monoisotopic (exact) mass is 147 g/mol. The van der Waals surface area contributed by atoms with Crippen LogP contribution in [0.5, 0.6) is 0 Å². The molecule has 0 amide bonds. The van der Waals surface area contributed by atoms with Gasteiger partial charge in [0.05, 0.1) is 0 Å². The molecule has 0 aliphatic heterocycles. The van der Waals surface area contributed by atoms with Crippen molar-refractivity contribution in [1.29, 1.82) is 0 Å². The maximum Gasteiger partial charge on any atom is -0.0348 e. The van der Waals surface area contributed by atoms with Crippen molar-refractivity contribution in [2.45, 2.75) is 12.8 Å². The molecule has 0 nitrogen and oxygen atoms in total. The van der Waals surface area contributed by atoms with Gasteiger partial charge in [-0.1, -0.05) is 56.0 Å². The standard InChI is InChI=1S/C11H15/c1-3-5-7-9-11-10-8-6-4-2/h3,5,7-11H,1-2,4,6H2/b7-5+,10-8+,11-9+. The Morgan fingerprint density at radius 3 is 2.18 bits per heavy atom. The lowest BCUT2D eigenvalue weighted by molar-refractivity contribution is 1.05. The van der Waals surface area contributed by atoms with Crippen molar-refractivity contribution >= 4 is 0 Å². The average molecular weight is 147 g/mol. The van der Waals surface area contributed by atoms with E-state index in [9.17, 15) is 0 Å². The summed E-state index contributed by atoms with van der Waals surface area (Å²) in [4.78, 5) is 0. The lowest BCUT2D eigenvalue weighted by atomic mass is 10.3. The van der Waals surface area contributed by atoms with E-state index >= 15 is 0 Å². The van der Waals surface area contributed by atoms with E-state index in [0.717, 1.165) is 12.8 Å². The molecule has 0 atom stereocenters. The van der Waals surface area contributed by atoms with Crippen molar-refractivity contribution in [1.82, 2.24) is 0 Å². The van der Waals surface area contributed by atoms with Crippen LogP contribution in [0, 0.1) is 6.92 Å². The molecule has 0 bridgehead atoms. The number of hydrogen-bond acceptors (Lipinski definition) is 0. The fourth-order valence-electron chi connectivity index (χ4n) is 0.564. The quantitative estimate of drug-likeness (QED) is 0.522. The van der Waals surface area contributed by atoms with Gasteiger partial charge in [0.15, 0.2) is 0 Å². The van der Waals surface area contributed by atoms with Crippen LogP contribution >= 0.6 is 0 Å². The minimum absolute atomic E-state index is 0.965. The third-order valence-corrected chi connectivity index (χ3v) is 1.09. The van der Waals surface area contributed by atoms with Gasteiger partial charge in [0.2, 0.25) is 0 Å². The van der Waals surface area contributed by atoms with Crippen molar-refractivity contribution in [2.24, 2.45) is 0 Å². The second-order valence-corrected chi connectivity index (χ2v) is 2.08. The Bertz CT molecular complexity index is 159. The zero-order valence-corrected chi connectivity index (χ0v) is 6.87.